The van der Waals surface area contributed by atoms with E-state index in [9.17, 15) is 4.79 Å². The maximum atomic E-state index is 12.7. The number of aromatic nitrogens is 3. The second-order valence-electron chi connectivity index (χ2n) is 5.31. The maximum Gasteiger partial charge on any atom is 0.255 e. The van der Waals surface area contributed by atoms with Gasteiger partial charge < -0.3 is 14.8 Å². The molecular weight excluding hydrogens is 332 g/mol. The number of hydrogen-bond acceptors (Lipinski definition) is 5. The lowest BCUT2D eigenvalue weighted by Gasteiger charge is -2.13. The van der Waals surface area contributed by atoms with Crippen LogP contribution in [0.1, 0.15) is 24.2 Å². The van der Waals surface area contributed by atoms with Crippen LogP contribution in [0.25, 0.3) is 5.82 Å². The molecule has 0 bridgehead atoms. The Morgan fingerprint density at radius 3 is 2.62 bits per heavy atom. The largest absolute Gasteiger partial charge is 0.490 e. The number of carbonyl (C=O) groups is 1. The lowest BCUT2D eigenvalue weighted by Crippen LogP contribution is -2.15. The molecular formula is C19H20N4O3. The van der Waals surface area contributed by atoms with Crippen molar-refractivity contribution < 1.29 is 14.3 Å². The molecule has 7 heteroatoms. The molecule has 0 aliphatic rings. The van der Waals surface area contributed by atoms with Gasteiger partial charge >= 0.3 is 0 Å². The number of nitrogens with zero attached hydrogens (tertiary/aromatic N) is 3. The van der Waals surface area contributed by atoms with Crippen molar-refractivity contribution in [3.05, 3.63) is 60.6 Å². The summed E-state index contributed by atoms with van der Waals surface area (Å²) < 4.78 is 12.7. The molecule has 2 heterocycles. The zero-order chi connectivity index (χ0) is 18.4. The summed E-state index contributed by atoms with van der Waals surface area (Å²) in [6.45, 7) is 4.79. The third-order valence-corrected chi connectivity index (χ3v) is 3.56. The van der Waals surface area contributed by atoms with Crippen molar-refractivity contribution >= 4 is 11.6 Å². The summed E-state index contributed by atoms with van der Waals surface area (Å²) in [5, 5.41) is 7.04. The second-order valence-corrected chi connectivity index (χ2v) is 5.31. The number of ether oxygens (including phenoxy) is 2. The first kappa shape index (κ1) is 17.5. The van der Waals surface area contributed by atoms with Crippen LogP contribution in [0.5, 0.6) is 11.5 Å². The minimum absolute atomic E-state index is 0.268. The number of rotatable bonds is 7. The number of nitrogens with one attached hydrogen (secondary N) is 1. The molecule has 1 amide bonds. The van der Waals surface area contributed by atoms with Crippen molar-refractivity contribution in [3.8, 4) is 17.3 Å². The maximum absolute atomic E-state index is 12.7. The van der Waals surface area contributed by atoms with Crippen molar-refractivity contribution in [3.63, 3.8) is 0 Å². The van der Waals surface area contributed by atoms with Gasteiger partial charge in [-0.2, -0.15) is 5.10 Å². The average molecular weight is 352 g/mol. The third-order valence-electron chi connectivity index (χ3n) is 3.56. The van der Waals surface area contributed by atoms with Gasteiger partial charge in [-0.25, -0.2) is 9.67 Å². The van der Waals surface area contributed by atoms with Crippen LogP contribution in [0.4, 0.5) is 5.69 Å². The first-order chi connectivity index (χ1) is 12.7. The van der Waals surface area contributed by atoms with Crippen molar-refractivity contribution in [2.45, 2.75) is 13.8 Å². The molecule has 0 fully saturated rings. The Morgan fingerprint density at radius 2 is 1.88 bits per heavy atom. The van der Waals surface area contributed by atoms with Gasteiger partial charge in [-0.15, -0.1) is 0 Å². The molecule has 134 valence electrons. The topological polar surface area (TPSA) is 78.3 Å². The smallest absolute Gasteiger partial charge is 0.255 e. The van der Waals surface area contributed by atoms with E-state index in [2.05, 4.69) is 15.4 Å². The molecule has 0 saturated heterocycles. The predicted molar refractivity (Wildman–Crippen MR) is 98.1 cm³/mol. The Kier molecular flexibility index (Phi) is 5.48. The highest BCUT2D eigenvalue weighted by molar-refractivity contribution is 6.05. The van der Waals surface area contributed by atoms with Crippen molar-refractivity contribution in [1.29, 1.82) is 0 Å². The summed E-state index contributed by atoms with van der Waals surface area (Å²) in [4.78, 5) is 17.0. The molecule has 26 heavy (non-hydrogen) atoms. The Hall–Kier alpha value is -3.35. The molecule has 0 saturated carbocycles. The van der Waals surface area contributed by atoms with Crippen LogP contribution >= 0.6 is 0 Å². The number of amides is 1. The molecule has 0 aliphatic carbocycles. The second kappa shape index (κ2) is 8.15. The van der Waals surface area contributed by atoms with Gasteiger partial charge in [0.25, 0.3) is 5.91 Å². The third kappa shape index (κ3) is 3.83. The van der Waals surface area contributed by atoms with Crippen molar-refractivity contribution in [2.24, 2.45) is 0 Å². The Morgan fingerprint density at radius 1 is 1.08 bits per heavy atom. The highest BCUT2D eigenvalue weighted by atomic mass is 16.5. The number of carbonyl (C=O) groups excluding carboxylic acids is 1. The normalized spacial score (nSPS) is 10.4. The number of pyridine rings is 1. The Labute approximate surface area is 151 Å². The minimum Gasteiger partial charge on any atom is -0.490 e. The quantitative estimate of drug-likeness (QED) is 0.706. The highest BCUT2D eigenvalue weighted by Crippen LogP contribution is 2.29. The molecule has 0 spiro atoms. The van der Waals surface area contributed by atoms with E-state index < -0.39 is 0 Å². The molecule has 0 radical (unpaired) electrons. The zero-order valence-electron chi connectivity index (χ0n) is 14.7. The lowest BCUT2D eigenvalue weighted by atomic mass is 10.2. The van der Waals surface area contributed by atoms with Gasteiger partial charge in [0.05, 0.1) is 18.9 Å². The summed E-state index contributed by atoms with van der Waals surface area (Å²) in [5.41, 5.74) is 1.03. The number of hydrogen-bond donors (Lipinski definition) is 1. The minimum atomic E-state index is -0.268. The van der Waals surface area contributed by atoms with E-state index >= 15 is 0 Å². The first-order valence-electron chi connectivity index (χ1n) is 8.39. The van der Waals surface area contributed by atoms with Crippen LogP contribution in [0.3, 0.4) is 0 Å². The molecule has 0 atom stereocenters. The van der Waals surface area contributed by atoms with Gasteiger partial charge in [-0.3, -0.25) is 4.79 Å². The van der Waals surface area contributed by atoms with Crippen molar-refractivity contribution in [1.82, 2.24) is 14.8 Å². The molecule has 1 N–H and O–H groups in total. The van der Waals surface area contributed by atoms with Gasteiger partial charge in [0.15, 0.2) is 17.3 Å². The Bertz CT molecular complexity index is 878. The zero-order valence-corrected chi connectivity index (χ0v) is 14.7. The highest BCUT2D eigenvalue weighted by Gasteiger charge is 2.14. The van der Waals surface area contributed by atoms with E-state index in [1.807, 2.05) is 13.8 Å². The van der Waals surface area contributed by atoms with Gasteiger partial charge in [-0.1, -0.05) is 0 Å². The number of benzene rings is 1. The van der Waals surface area contributed by atoms with Crippen LogP contribution in [0, 0.1) is 0 Å². The first-order valence-corrected chi connectivity index (χ1v) is 8.39. The van der Waals surface area contributed by atoms with Crippen LogP contribution in [0.2, 0.25) is 0 Å². The molecule has 1 aromatic carbocycles. The molecule has 2 aromatic heterocycles. The van der Waals surface area contributed by atoms with E-state index in [0.717, 1.165) is 0 Å². The van der Waals surface area contributed by atoms with Crippen LogP contribution in [-0.2, 0) is 0 Å². The SMILES string of the molecule is CCOc1ccc(C(=O)Nc2cccnc2-n2cccn2)cc1OCC. The summed E-state index contributed by atoms with van der Waals surface area (Å²) in [6, 6.07) is 10.4. The summed E-state index contributed by atoms with van der Waals surface area (Å²) >= 11 is 0. The van der Waals surface area contributed by atoms with Crippen LogP contribution in [-0.4, -0.2) is 33.9 Å². The van der Waals surface area contributed by atoms with Gasteiger partial charge in [0, 0.05) is 24.2 Å². The molecule has 0 unspecified atom stereocenters. The summed E-state index contributed by atoms with van der Waals surface area (Å²) in [6.07, 6.45) is 5.07. The standard InChI is InChI=1S/C19H20N4O3/c1-3-25-16-9-8-14(13-17(16)26-4-2)19(24)22-15-7-5-10-20-18(15)23-12-6-11-21-23/h5-13H,3-4H2,1-2H3,(H,22,24). The van der Waals surface area contributed by atoms with Gasteiger partial charge in [-0.05, 0) is 50.2 Å². The van der Waals surface area contributed by atoms with E-state index in [4.69, 9.17) is 9.47 Å². The average Bonchev–Trinajstić information content (AvgIpc) is 3.18. The fraction of sp³-hybridized carbons (Fsp3) is 0.211. The molecule has 7 nitrogen and oxygen atoms in total. The van der Waals surface area contributed by atoms with E-state index in [-0.39, 0.29) is 5.91 Å². The van der Waals surface area contributed by atoms with Crippen LogP contribution < -0.4 is 14.8 Å². The lowest BCUT2D eigenvalue weighted by molar-refractivity contribution is 0.102. The molecule has 3 aromatic rings. The number of anilines is 1. The van der Waals surface area contributed by atoms with Crippen LogP contribution in [0.15, 0.2) is 55.0 Å². The van der Waals surface area contributed by atoms with E-state index in [1.54, 1.807) is 59.7 Å². The summed E-state index contributed by atoms with van der Waals surface area (Å²) in [7, 11) is 0. The predicted octanol–water partition coefficient (Wildman–Crippen LogP) is 3.32. The van der Waals surface area contributed by atoms with Gasteiger partial charge in [0.2, 0.25) is 0 Å². The van der Waals surface area contributed by atoms with Gasteiger partial charge in [0.1, 0.15) is 0 Å². The molecule has 3 rings (SSSR count). The Balaban J connectivity index is 1.86. The molecule has 0 aliphatic heterocycles. The monoisotopic (exact) mass is 352 g/mol. The fourth-order valence-corrected chi connectivity index (χ4v) is 2.46. The van der Waals surface area contributed by atoms with E-state index in [0.29, 0.717) is 41.8 Å². The summed E-state index contributed by atoms with van der Waals surface area (Å²) in [5.74, 6) is 1.43. The van der Waals surface area contributed by atoms with E-state index in [1.165, 1.54) is 0 Å². The fourth-order valence-electron chi connectivity index (χ4n) is 2.46. The van der Waals surface area contributed by atoms with Crippen molar-refractivity contribution in [2.75, 3.05) is 18.5 Å².